The number of hydrogen-bond donors (Lipinski definition) is 1. The molecule has 2 rings (SSSR count). The van der Waals surface area contributed by atoms with Crippen LogP contribution in [0.5, 0.6) is 0 Å². The van der Waals surface area contributed by atoms with Crippen LogP contribution >= 0.6 is 0 Å². The van der Waals surface area contributed by atoms with Gasteiger partial charge in [-0.2, -0.15) is 5.26 Å². The van der Waals surface area contributed by atoms with Crippen LogP contribution in [0, 0.1) is 11.3 Å². The van der Waals surface area contributed by atoms with Gasteiger partial charge in [0.1, 0.15) is 0 Å². The summed E-state index contributed by atoms with van der Waals surface area (Å²) in [7, 11) is 0. The van der Waals surface area contributed by atoms with Crippen molar-refractivity contribution in [3.8, 4) is 6.07 Å². The number of anilines is 1. The molecule has 0 saturated carbocycles. The Morgan fingerprint density at radius 2 is 1.83 bits per heavy atom. The molecule has 0 radical (unpaired) electrons. The van der Waals surface area contributed by atoms with Crippen LogP contribution in [0.3, 0.4) is 0 Å². The molecule has 1 amide bonds. The second-order valence-electron chi connectivity index (χ2n) is 3.72. The standard InChI is InChI=1S/C14H11N3O/c15-8-5-11-1-3-13(4-2-11)17-14(18)12-6-9-16-10-7-12/h1-4,6-7,9-10H,5H2,(H,17,18). The van der Waals surface area contributed by atoms with E-state index in [2.05, 4.69) is 16.4 Å². The van der Waals surface area contributed by atoms with Crippen LogP contribution in [0.25, 0.3) is 0 Å². The van der Waals surface area contributed by atoms with Gasteiger partial charge in [0.05, 0.1) is 12.5 Å². The molecule has 0 unspecified atom stereocenters. The highest BCUT2D eigenvalue weighted by Gasteiger charge is 2.04. The van der Waals surface area contributed by atoms with Crippen molar-refractivity contribution in [2.24, 2.45) is 0 Å². The van der Waals surface area contributed by atoms with Gasteiger partial charge < -0.3 is 5.32 Å². The van der Waals surface area contributed by atoms with Crippen molar-refractivity contribution in [1.29, 1.82) is 5.26 Å². The van der Waals surface area contributed by atoms with Gasteiger partial charge in [-0.3, -0.25) is 9.78 Å². The largest absolute Gasteiger partial charge is 0.322 e. The first-order valence-corrected chi connectivity index (χ1v) is 5.47. The summed E-state index contributed by atoms with van der Waals surface area (Å²) in [6.07, 6.45) is 3.52. The molecule has 0 aliphatic rings. The number of aromatic nitrogens is 1. The molecular formula is C14H11N3O. The average molecular weight is 237 g/mol. The van der Waals surface area contributed by atoms with Crippen LogP contribution in [-0.4, -0.2) is 10.9 Å². The number of pyridine rings is 1. The summed E-state index contributed by atoms with van der Waals surface area (Å²) >= 11 is 0. The smallest absolute Gasteiger partial charge is 0.255 e. The predicted molar refractivity (Wildman–Crippen MR) is 67.9 cm³/mol. The number of nitrogens with zero attached hydrogens (tertiary/aromatic N) is 2. The van der Waals surface area contributed by atoms with Gasteiger partial charge in [-0.05, 0) is 29.8 Å². The molecule has 2 aromatic rings. The normalized spacial score (nSPS) is 9.50. The zero-order valence-electron chi connectivity index (χ0n) is 9.63. The molecule has 1 heterocycles. The second-order valence-corrected chi connectivity index (χ2v) is 3.72. The first-order chi connectivity index (χ1) is 8.79. The quantitative estimate of drug-likeness (QED) is 0.891. The van der Waals surface area contributed by atoms with Gasteiger partial charge in [0.2, 0.25) is 0 Å². The van der Waals surface area contributed by atoms with Crippen molar-refractivity contribution in [3.63, 3.8) is 0 Å². The van der Waals surface area contributed by atoms with E-state index in [1.807, 2.05) is 12.1 Å². The topological polar surface area (TPSA) is 65.8 Å². The lowest BCUT2D eigenvalue weighted by Gasteiger charge is -2.05. The van der Waals surface area contributed by atoms with E-state index in [0.29, 0.717) is 17.7 Å². The summed E-state index contributed by atoms with van der Waals surface area (Å²) in [6, 6.07) is 12.6. The van der Waals surface area contributed by atoms with Crippen molar-refractivity contribution in [2.75, 3.05) is 5.32 Å². The third-order valence-corrected chi connectivity index (χ3v) is 2.44. The molecule has 0 aliphatic heterocycles. The molecule has 18 heavy (non-hydrogen) atoms. The SMILES string of the molecule is N#CCc1ccc(NC(=O)c2ccncc2)cc1. The summed E-state index contributed by atoms with van der Waals surface area (Å²) in [5.41, 5.74) is 2.20. The number of rotatable bonds is 3. The van der Waals surface area contributed by atoms with E-state index in [9.17, 15) is 4.79 Å². The van der Waals surface area contributed by atoms with E-state index in [4.69, 9.17) is 5.26 Å². The lowest BCUT2D eigenvalue weighted by atomic mass is 10.1. The van der Waals surface area contributed by atoms with Crippen LogP contribution in [0.4, 0.5) is 5.69 Å². The number of nitriles is 1. The molecule has 0 aliphatic carbocycles. The zero-order chi connectivity index (χ0) is 12.8. The Bertz CT molecular complexity index is 570. The highest BCUT2D eigenvalue weighted by Crippen LogP contribution is 2.11. The number of carbonyl (C=O) groups excluding carboxylic acids is 1. The fraction of sp³-hybridized carbons (Fsp3) is 0.0714. The average Bonchev–Trinajstić information content (AvgIpc) is 2.42. The van der Waals surface area contributed by atoms with Gasteiger partial charge in [-0.15, -0.1) is 0 Å². The Morgan fingerprint density at radius 1 is 1.17 bits per heavy atom. The summed E-state index contributed by atoms with van der Waals surface area (Å²) in [5, 5.41) is 11.3. The molecule has 1 aromatic carbocycles. The summed E-state index contributed by atoms with van der Waals surface area (Å²) in [4.78, 5) is 15.7. The molecule has 88 valence electrons. The molecule has 0 atom stereocenters. The molecule has 4 heteroatoms. The van der Waals surface area contributed by atoms with Crippen molar-refractivity contribution in [1.82, 2.24) is 4.98 Å². The Kier molecular flexibility index (Phi) is 3.67. The molecular weight excluding hydrogens is 226 g/mol. The summed E-state index contributed by atoms with van der Waals surface area (Å²) in [6.45, 7) is 0. The summed E-state index contributed by atoms with van der Waals surface area (Å²) in [5.74, 6) is -0.176. The zero-order valence-corrected chi connectivity index (χ0v) is 9.63. The van der Waals surface area contributed by atoms with E-state index >= 15 is 0 Å². The van der Waals surface area contributed by atoms with Crippen molar-refractivity contribution in [3.05, 3.63) is 59.9 Å². The monoisotopic (exact) mass is 237 g/mol. The number of hydrogen-bond acceptors (Lipinski definition) is 3. The lowest BCUT2D eigenvalue weighted by molar-refractivity contribution is 0.102. The van der Waals surface area contributed by atoms with Crippen molar-refractivity contribution >= 4 is 11.6 Å². The van der Waals surface area contributed by atoms with Crippen LogP contribution in [0.15, 0.2) is 48.8 Å². The van der Waals surface area contributed by atoms with Crippen LogP contribution in [0.1, 0.15) is 15.9 Å². The Labute approximate surface area is 105 Å². The maximum atomic E-state index is 11.8. The van der Waals surface area contributed by atoms with Gasteiger partial charge in [-0.1, -0.05) is 12.1 Å². The maximum Gasteiger partial charge on any atom is 0.255 e. The second kappa shape index (κ2) is 5.60. The Balaban J connectivity index is 2.06. The fourth-order valence-electron chi connectivity index (χ4n) is 1.50. The third kappa shape index (κ3) is 2.92. The van der Waals surface area contributed by atoms with E-state index in [1.165, 1.54) is 0 Å². The van der Waals surface area contributed by atoms with Gasteiger partial charge in [0.25, 0.3) is 5.91 Å². The molecule has 0 fully saturated rings. The third-order valence-electron chi connectivity index (χ3n) is 2.44. The van der Waals surface area contributed by atoms with Crippen LogP contribution in [-0.2, 0) is 6.42 Å². The minimum atomic E-state index is -0.176. The van der Waals surface area contributed by atoms with E-state index in [-0.39, 0.29) is 5.91 Å². The highest BCUT2D eigenvalue weighted by atomic mass is 16.1. The molecule has 1 N–H and O–H groups in total. The first-order valence-electron chi connectivity index (χ1n) is 5.47. The summed E-state index contributed by atoms with van der Waals surface area (Å²) < 4.78 is 0. The van der Waals surface area contributed by atoms with Crippen molar-refractivity contribution in [2.45, 2.75) is 6.42 Å². The van der Waals surface area contributed by atoms with Crippen LogP contribution in [0.2, 0.25) is 0 Å². The predicted octanol–water partition coefficient (Wildman–Crippen LogP) is 2.40. The number of amides is 1. The van der Waals surface area contributed by atoms with Gasteiger partial charge in [-0.25, -0.2) is 0 Å². The number of nitrogens with one attached hydrogen (secondary N) is 1. The molecule has 4 nitrogen and oxygen atoms in total. The molecule has 1 aromatic heterocycles. The van der Waals surface area contributed by atoms with E-state index in [0.717, 1.165) is 5.56 Å². The fourth-order valence-corrected chi connectivity index (χ4v) is 1.50. The lowest BCUT2D eigenvalue weighted by Crippen LogP contribution is -2.11. The molecule has 0 saturated heterocycles. The van der Waals surface area contributed by atoms with Gasteiger partial charge in [0, 0.05) is 23.6 Å². The minimum Gasteiger partial charge on any atom is -0.322 e. The van der Waals surface area contributed by atoms with E-state index in [1.54, 1.807) is 36.7 Å². The van der Waals surface area contributed by atoms with Crippen LogP contribution < -0.4 is 5.32 Å². The van der Waals surface area contributed by atoms with Crippen molar-refractivity contribution < 1.29 is 4.79 Å². The first kappa shape index (κ1) is 11.8. The van der Waals surface area contributed by atoms with Gasteiger partial charge >= 0.3 is 0 Å². The Hall–Kier alpha value is -2.67. The Morgan fingerprint density at radius 3 is 2.44 bits per heavy atom. The maximum absolute atomic E-state index is 11.8. The van der Waals surface area contributed by atoms with Gasteiger partial charge in [0.15, 0.2) is 0 Å². The van der Waals surface area contributed by atoms with E-state index < -0.39 is 0 Å². The molecule has 0 bridgehead atoms. The number of benzene rings is 1. The highest BCUT2D eigenvalue weighted by molar-refractivity contribution is 6.04. The molecule has 0 spiro atoms. The number of carbonyl (C=O) groups is 1. The minimum absolute atomic E-state index is 0.176.